The highest BCUT2D eigenvalue weighted by Gasteiger charge is 2.09. The van der Waals surface area contributed by atoms with Gasteiger partial charge >= 0.3 is 0 Å². The maximum absolute atomic E-state index is 4.68. The van der Waals surface area contributed by atoms with Gasteiger partial charge in [-0.15, -0.1) is 0 Å². The highest BCUT2D eigenvalue weighted by atomic mass is 14.9. The Kier molecular flexibility index (Phi) is 3.11. The summed E-state index contributed by atoms with van der Waals surface area (Å²) in [7, 11) is 0. The third-order valence-electron chi connectivity index (χ3n) is 3.08. The van der Waals surface area contributed by atoms with Gasteiger partial charge in [-0.1, -0.05) is 30.3 Å². The molecule has 1 aromatic carbocycles. The molecule has 0 atom stereocenters. The molecule has 2 heterocycles. The van der Waals surface area contributed by atoms with Gasteiger partial charge in [0.1, 0.15) is 5.82 Å². The third-order valence-corrected chi connectivity index (χ3v) is 3.08. The van der Waals surface area contributed by atoms with Crippen molar-refractivity contribution in [3.8, 4) is 11.3 Å². The minimum absolute atomic E-state index is 0.821. The van der Waals surface area contributed by atoms with Gasteiger partial charge in [0.25, 0.3) is 0 Å². The number of aryl methyl sites for hydroxylation is 1. The van der Waals surface area contributed by atoms with E-state index in [0.29, 0.717) is 0 Å². The van der Waals surface area contributed by atoms with Crippen LogP contribution in [0.25, 0.3) is 11.3 Å². The molecule has 2 aromatic heterocycles. The molecule has 0 aliphatic carbocycles. The molecule has 0 amide bonds. The molecule has 3 nitrogen and oxygen atoms in total. The zero-order chi connectivity index (χ0) is 13.1. The first-order valence-corrected chi connectivity index (χ1v) is 6.33. The Hall–Kier alpha value is -2.42. The fourth-order valence-corrected chi connectivity index (χ4v) is 2.18. The SMILES string of the molecule is Cc1[nH]c(Cc2ccccc2)nc1-c1cccnc1. The minimum Gasteiger partial charge on any atom is -0.345 e. The third kappa shape index (κ3) is 2.55. The van der Waals surface area contributed by atoms with E-state index in [1.165, 1.54) is 5.56 Å². The number of hydrogen-bond donors (Lipinski definition) is 1. The van der Waals surface area contributed by atoms with Gasteiger partial charge < -0.3 is 4.98 Å². The number of nitrogens with zero attached hydrogens (tertiary/aromatic N) is 2. The largest absolute Gasteiger partial charge is 0.345 e. The lowest BCUT2D eigenvalue weighted by atomic mass is 10.1. The molecule has 0 fully saturated rings. The van der Waals surface area contributed by atoms with Gasteiger partial charge in [-0.25, -0.2) is 4.98 Å². The number of imidazole rings is 1. The Labute approximate surface area is 112 Å². The van der Waals surface area contributed by atoms with Crippen LogP contribution in [-0.4, -0.2) is 15.0 Å². The molecule has 0 radical (unpaired) electrons. The summed E-state index contributed by atoms with van der Waals surface area (Å²) in [5.74, 6) is 0.988. The van der Waals surface area contributed by atoms with Crippen molar-refractivity contribution in [2.24, 2.45) is 0 Å². The molecule has 3 aromatic rings. The van der Waals surface area contributed by atoms with Crippen molar-refractivity contribution in [2.45, 2.75) is 13.3 Å². The molecular formula is C16H15N3. The van der Waals surface area contributed by atoms with Crippen LogP contribution in [0.2, 0.25) is 0 Å². The molecule has 0 bridgehead atoms. The lowest BCUT2D eigenvalue weighted by molar-refractivity contribution is 1.02. The van der Waals surface area contributed by atoms with E-state index >= 15 is 0 Å². The van der Waals surface area contributed by atoms with Crippen LogP contribution in [0.4, 0.5) is 0 Å². The number of aromatic nitrogens is 3. The van der Waals surface area contributed by atoms with E-state index in [-0.39, 0.29) is 0 Å². The van der Waals surface area contributed by atoms with Crippen molar-refractivity contribution >= 4 is 0 Å². The molecule has 94 valence electrons. The summed E-state index contributed by atoms with van der Waals surface area (Å²) in [4.78, 5) is 12.2. The normalized spacial score (nSPS) is 10.6. The van der Waals surface area contributed by atoms with Gasteiger partial charge in [0.05, 0.1) is 5.69 Å². The minimum atomic E-state index is 0.821. The topological polar surface area (TPSA) is 41.6 Å². The lowest BCUT2D eigenvalue weighted by Crippen LogP contribution is -1.90. The van der Waals surface area contributed by atoms with E-state index in [4.69, 9.17) is 0 Å². The van der Waals surface area contributed by atoms with Gasteiger partial charge in [-0.05, 0) is 24.6 Å². The molecule has 3 rings (SSSR count). The van der Waals surface area contributed by atoms with E-state index < -0.39 is 0 Å². The van der Waals surface area contributed by atoms with Gasteiger partial charge in [-0.2, -0.15) is 0 Å². The Morgan fingerprint density at radius 2 is 1.89 bits per heavy atom. The Balaban J connectivity index is 1.90. The molecule has 0 saturated carbocycles. The van der Waals surface area contributed by atoms with Crippen LogP contribution in [0.3, 0.4) is 0 Å². The summed E-state index contributed by atoms with van der Waals surface area (Å²) >= 11 is 0. The molecule has 0 aliphatic rings. The van der Waals surface area contributed by atoms with Crippen LogP contribution in [0.5, 0.6) is 0 Å². The fourth-order valence-electron chi connectivity index (χ4n) is 2.18. The van der Waals surface area contributed by atoms with Crippen LogP contribution in [0.1, 0.15) is 17.1 Å². The van der Waals surface area contributed by atoms with Gasteiger partial charge in [0.15, 0.2) is 0 Å². The second-order valence-corrected chi connectivity index (χ2v) is 4.56. The maximum Gasteiger partial charge on any atom is 0.111 e. The average molecular weight is 249 g/mol. The maximum atomic E-state index is 4.68. The Bertz CT molecular complexity index is 657. The average Bonchev–Trinajstić information content (AvgIpc) is 2.82. The van der Waals surface area contributed by atoms with Gasteiger partial charge in [0.2, 0.25) is 0 Å². The van der Waals surface area contributed by atoms with Crippen LogP contribution in [-0.2, 0) is 6.42 Å². The lowest BCUT2D eigenvalue weighted by Gasteiger charge is -1.97. The summed E-state index contributed by atoms with van der Waals surface area (Å²) in [5, 5.41) is 0. The Morgan fingerprint density at radius 1 is 1.05 bits per heavy atom. The summed E-state index contributed by atoms with van der Waals surface area (Å²) in [6.45, 7) is 2.05. The zero-order valence-corrected chi connectivity index (χ0v) is 10.8. The smallest absolute Gasteiger partial charge is 0.111 e. The van der Waals surface area contributed by atoms with E-state index in [9.17, 15) is 0 Å². The number of rotatable bonds is 3. The first-order chi connectivity index (χ1) is 9.33. The first-order valence-electron chi connectivity index (χ1n) is 6.33. The first kappa shape index (κ1) is 11.7. The number of pyridine rings is 1. The standard InChI is InChI=1S/C16H15N3/c1-12-16(14-8-5-9-17-11-14)19-15(18-12)10-13-6-3-2-4-7-13/h2-9,11H,10H2,1H3,(H,18,19). The van der Waals surface area contributed by atoms with Crippen LogP contribution < -0.4 is 0 Å². The van der Waals surface area contributed by atoms with Crippen LogP contribution in [0.15, 0.2) is 54.9 Å². The molecule has 3 heteroatoms. The summed E-state index contributed by atoms with van der Waals surface area (Å²) in [6, 6.07) is 14.3. The molecule has 1 N–H and O–H groups in total. The number of aromatic amines is 1. The predicted octanol–water partition coefficient (Wildman–Crippen LogP) is 3.37. The Morgan fingerprint density at radius 3 is 2.63 bits per heavy atom. The zero-order valence-electron chi connectivity index (χ0n) is 10.8. The van der Waals surface area contributed by atoms with Crippen molar-refractivity contribution in [1.29, 1.82) is 0 Å². The number of H-pyrrole nitrogens is 1. The van der Waals surface area contributed by atoms with Crippen molar-refractivity contribution in [1.82, 2.24) is 15.0 Å². The molecular weight excluding hydrogens is 234 g/mol. The predicted molar refractivity (Wildman–Crippen MR) is 75.8 cm³/mol. The number of hydrogen-bond acceptors (Lipinski definition) is 2. The van der Waals surface area contributed by atoms with E-state index in [1.54, 1.807) is 6.20 Å². The summed E-state index contributed by atoms with van der Waals surface area (Å²) in [5.41, 5.74) is 4.38. The van der Waals surface area contributed by atoms with Crippen molar-refractivity contribution < 1.29 is 0 Å². The summed E-state index contributed by atoms with van der Waals surface area (Å²) < 4.78 is 0. The van der Waals surface area contributed by atoms with Crippen LogP contribution >= 0.6 is 0 Å². The molecule has 0 saturated heterocycles. The monoisotopic (exact) mass is 249 g/mol. The molecule has 19 heavy (non-hydrogen) atoms. The molecule has 0 spiro atoms. The van der Waals surface area contributed by atoms with E-state index in [0.717, 1.165) is 29.2 Å². The summed E-state index contributed by atoms with van der Waals surface area (Å²) in [6.07, 6.45) is 4.44. The van der Waals surface area contributed by atoms with E-state index in [2.05, 4.69) is 27.1 Å². The van der Waals surface area contributed by atoms with E-state index in [1.807, 2.05) is 43.5 Å². The quantitative estimate of drug-likeness (QED) is 0.773. The number of benzene rings is 1. The number of nitrogens with one attached hydrogen (secondary N) is 1. The van der Waals surface area contributed by atoms with Crippen LogP contribution in [0, 0.1) is 6.92 Å². The fraction of sp³-hybridized carbons (Fsp3) is 0.125. The van der Waals surface area contributed by atoms with Crippen molar-refractivity contribution in [2.75, 3.05) is 0 Å². The highest BCUT2D eigenvalue weighted by Crippen LogP contribution is 2.20. The van der Waals surface area contributed by atoms with Gasteiger partial charge in [0, 0.05) is 30.1 Å². The second-order valence-electron chi connectivity index (χ2n) is 4.56. The van der Waals surface area contributed by atoms with Crippen molar-refractivity contribution in [3.63, 3.8) is 0 Å². The second kappa shape index (κ2) is 5.06. The molecule has 0 aliphatic heterocycles. The van der Waals surface area contributed by atoms with Crippen molar-refractivity contribution in [3.05, 3.63) is 71.9 Å². The molecule has 0 unspecified atom stereocenters. The highest BCUT2D eigenvalue weighted by molar-refractivity contribution is 5.60. The van der Waals surface area contributed by atoms with Gasteiger partial charge in [-0.3, -0.25) is 4.98 Å².